The number of aliphatic hydroxyl groups is 5. The quantitative estimate of drug-likeness (QED) is 0.194. The number of carbonyl (C=O) groups excluding carboxylic acids is 1. The van der Waals surface area contributed by atoms with E-state index in [0.29, 0.717) is 5.52 Å². The summed E-state index contributed by atoms with van der Waals surface area (Å²) in [5, 5.41) is 55.3. The molecule has 5 atom stereocenters. The van der Waals surface area contributed by atoms with E-state index >= 15 is 0 Å². The van der Waals surface area contributed by atoms with Crippen molar-refractivity contribution in [2.24, 2.45) is 0 Å². The predicted octanol–water partition coefficient (Wildman–Crippen LogP) is 1.63. The minimum atomic E-state index is -4.99. The van der Waals surface area contributed by atoms with E-state index in [-0.39, 0.29) is 17.5 Å². The number of aliphatic hydroxyl groups excluding tert-OH is 5. The summed E-state index contributed by atoms with van der Waals surface area (Å²) >= 11 is 0. The van der Waals surface area contributed by atoms with Crippen molar-refractivity contribution in [2.45, 2.75) is 43.0 Å². The first-order valence-electron chi connectivity index (χ1n) is 12.6. The Labute approximate surface area is 230 Å². The molecule has 1 aliphatic heterocycles. The summed E-state index contributed by atoms with van der Waals surface area (Å²) in [5.74, 6) is -1.58. The molecule has 0 bridgehead atoms. The van der Waals surface area contributed by atoms with Crippen LogP contribution in [0, 0.1) is 0 Å². The first kappa shape index (κ1) is 28.8. The summed E-state index contributed by atoms with van der Waals surface area (Å²) < 4.78 is 49.7. The number of hydrogen-bond donors (Lipinski definition) is 6. The Balaban J connectivity index is 1.55. The van der Waals surface area contributed by atoms with E-state index in [1.807, 2.05) is 42.5 Å². The number of fused-ring (bicyclic) bond motifs is 2. The maximum atomic E-state index is 13.6. The van der Waals surface area contributed by atoms with Gasteiger partial charge in [0.1, 0.15) is 29.6 Å². The van der Waals surface area contributed by atoms with Crippen molar-refractivity contribution in [1.29, 1.82) is 0 Å². The lowest BCUT2D eigenvalue weighted by Gasteiger charge is -2.48. The molecule has 0 saturated carbocycles. The van der Waals surface area contributed by atoms with Gasteiger partial charge < -0.3 is 44.9 Å². The van der Waals surface area contributed by atoms with Gasteiger partial charge in [-0.25, -0.2) is 0 Å². The van der Waals surface area contributed by atoms with E-state index in [9.17, 15) is 43.5 Å². The van der Waals surface area contributed by atoms with E-state index in [4.69, 9.17) is 4.74 Å². The Morgan fingerprint density at radius 3 is 2.44 bits per heavy atom. The van der Waals surface area contributed by atoms with Gasteiger partial charge in [-0.15, -0.1) is 13.2 Å². The average Bonchev–Trinajstić information content (AvgIpc) is 3.29. The van der Waals surface area contributed by atoms with Crippen molar-refractivity contribution in [3.05, 3.63) is 78.0 Å². The smallest absolute Gasteiger partial charge is 0.406 e. The number of ether oxygens (including phenoxy) is 2. The van der Waals surface area contributed by atoms with Crippen LogP contribution >= 0.6 is 0 Å². The van der Waals surface area contributed by atoms with Gasteiger partial charge in [0, 0.05) is 23.6 Å². The van der Waals surface area contributed by atoms with Gasteiger partial charge in [0.2, 0.25) is 0 Å². The molecule has 1 saturated heterocycles. The van der Waals surface area contributed by atoms with Gasteiger partial charge in [-0.05, 0) is 40.6 Å². The van der Waals surface area contributed by atoms with Crippen molar-refractivity contribution in [2.75, 3.05) is 13.2 Å². The number of halogens is 3. The number of carbonyl (C=O) groups is 1. The summed E-state index contributed by atoms with van der Waals surface area (Å²) in [7, 11) is 0. The van der Waals surface area contributed by atoms with Gasteiger partial charge in [0.25, 0.3) is 5.91 Å². The number of benzene rings is 3. The number of rotatable bonds is 7. The second kappa shape index (κ2) is 10.9. The highest BCUT2D eigenvalue weighted by Gasteiger charge is 2.56. The predicted molar refractivity (Wildman–Crippen MR) is 139 cm³/mol. The number of amides is 1. The molecular weight excluding hydrogens is 549 g/mol. The number of alkyl halides is 3. The Morgan fingerprint density at radius 1 is 1.02 bits per heavy atom. The zero-order valence-electron chi connectivity index (χ0n) is 21.3. The van der Waals surface area contributed by atoms with Crippen LogP contribution in [0.3, 0.4) is 0 Å². The second-order valence-electron chi connectivity index (χ2n) is 9.88. The standard InChI is InChI=1S/C28H27F3N2O8/c29-28(30,31)41-18-7-8-21-19(10-18)20(12-33(21)11-15-5-6-16-3-1-2-4-17(16)9-15)25(38)32-27(14-35)24(37)23(36)22(13-34)40-26(27)39/h1-10,12,22-24,26,34-37,39H,11,13-14H2,(H,32,38)/t22-,23-,24+,26?,27-/m1/s1. The number of hydrogen-bond acceptors (Lipinski definition) is 8. The van der Waals surface area contributed by atoms with Crippen molar-refractivity contribution >= 4 is 27.6 Å². The van der Waals surface area contributed by atoms with E-state index < -0.39 is 61.4 Å². The molecule has 10 nitrogen and oxygen atoms in total. The van der Waals surface area contributed by atoms with Gasteiger partial charge in [0.05, 0.1) is 18.8 Å². The molecule has 41 heavy (non-hydrogen) atoms. The fourth-order valence-electron chi connectivity index (χ4n) is 5.12. The molecule has 5 rings (SSSR count). The molecule has 3 aromatic carbocycles. The van der Waals surface area contributed by atoms with Gasteiger partial charge >= 0.3 is 6.36 Å². The molecule has 0 aliphatic carbocycles. The maximum Gasteiger partial charge on any atom is 0.573 e. The molecule has 1 aliphatic rings. The third-order valence-corrected chi connectivity index (χ3v) is 7.26. The first-order chi connectivity index (χ1) is 19.5. The number of aromatic nitrogens is 1. The Bertz CT molecular complexity index is 1580. The highest BCUT2D eigenvalue weighted by molar-refractivity contribution is 6.07. The highest BCUT2D eigenvalue weighted by atomic mass is 19.4. The van der Waals surface area contributed by atoms with Gasteiger partial charge in [-0.3, -0.25) is 4.79 Å². The van der Waals surface area contributed by atoms with Gasteiger partial charge in [0.15, 0.2) is 6.29 Å². The summed E-state index contributed by atoms with van der Waals surface area (Å²) in [5.41, 5.74) is -1.29. The number of nitrogens with zero attached hydrogens (tertiary/aromatic N) is 1. The minimum absolute atomic E-state index is 0.0487. The van der Waals surface area contributed by atoms with Crippen LogP contribution in [0.25, 0.3) is 21.7 Å². The third-order valence-electron chi connectivity index (χ3n) is 7.26. The molecule has 0 spiro atoms. The van der Waals surface area contributed by atoms with Crippen molar-refractivity contribution in [3.8, 4) is 5.75 Å². The summed E-state index contributed by atoms with van der Waals surface area (Å²) in [4.78, 5) is 13.6. The van der Waals surface area contributed by atoms with E-state index in [1.54, 1.807) is 4.57 Å². The molecule has 1 unspecified atom stereocenters. The zero-order valence-corrected chi connectivity index (χ0v) is 21.3. The van der Waals surface area contributed by atoms with Crippen LogP contribution < -0.4 is 10.1 Å². The lowest BCUT2D eigenvalue weighted by Crippen LogP contribution is -2.74. The van der Waals surface area contributed by atoms with Crippen molar-refractivity contribution in [1.82, 2.24) is 9.88 Å². The molecule has 1 fully saturated rings. The van der Waals surface area contributed by atoms with Crippen LogP contribution in [0.15, 0.2) is 66.9 Å². The fourth-order valence-corrected chi connectivity index (χ4v) is 5.12. The average molecular weight is 577 g/mol. The summed E-state index contributed by atoms with van der Waals surface area (Å²) in [6.07, 6.45) is -10.8. The Kier molecular flexibility index (Phi) is 7.68. The highest BCUT2D eigenvalue weighted by Crippen LogP contribution is 2.33. The summed E-state index contributed by atoms with van der Waals surface area (Å²) in [6.45, 7) is -1.63. The van der Waals surface area contributed by atoms with E-state index in [2.05, 4.69) is 10.1 Å². The van der Waals surface area contributed by atoms with Crippen molar-refractivity contribution in [3.63, 3.8) is 0 Å². The monoisotopic (exact) mass is 576 g/mol. The molecule has 4 aromatic rings. The SMILES string of the molecule is O=C(N[C@@]1(CO)C(O)O[C@H](CO)[C@@H](O)[C@@H]1O)c1cn(Cc2ccc3ccccc3c2)c2ccc(OC(F)(F)F)cc12. The third kappa shape index (κ3) is 5.47. The first-order valence-corrected chi connectivity index (χ1v) is 12.6. The van der Waals surface area contributed by atoms with Crippen LogP contribution in [0.5, 0.6) is 5.75 Å². The van der Waals surface area contributed by atoms with Crippen LogP contribution in [-0.4, -0.2) is 85.7 Å². The van der Waals surface area contributed by atoms with Crippen LogP contribution in [-0.2, 0) is 11.3 Å². The van der Waals surface area contributed by atoms with Gasteiger partial charge in [-0.2, -0.15) is 0 Å². The van der Waals surface area contributed by atoms with Crippen molar-refractivity contribution < 1.29 is 53.0 Å². The molecule has 2 heterocycles. The molecule has 6 N–H and O–H groups in total. The Hall–Kier alpha value is -3.72. The zero-order chi connectivity index (χ0) is 29.5. The van der Waals surface area contributed by atoms with E-state index in [0.717, 1.165) is 28.5 Å². The van der Waals surface area contributed by atoms with Crippen LogP contribution in [0.4, 0.5) is 13.2 Å². The minimum Gasteiger partial charge on any atom is -0.406 e. The molecule has 218 valence electrons. The maximum absolute atomic E-state index is 13.6. The van der Waals surface area contributed by atoms with E-state index in [1.165, 1.54) is 12.3 Å². The Morgan fingerprint density at radius 2 is 1.76 bits per heavy atom. The second-order valence-corrected chi connectivity index (χ2v) is 9.88. The van der Waals surface area contributed by atoms with Crippen LogP contribution in [0.1, 0.15) is 15.9 Å². The molecule has 1 amide bonds. The topological polar surface area (TPSA) is 154 Å². The summed E-state index contributed by atoms with van der Waals surface area (Å²) in [6, 6.07) is 16.9. The normalized spacial score (nSPS) is 25.0. The lowest BCUT2D eigenvalue weighted by molar-refractivity contribution is -0.288. The van der Waals surface area contributed by atoms with Gasteiger partial charge in [-0.1, -0.05) is 36.4 Å². The largest absolute Gasteiger partial charge is 0.573 e. The lowest BCUT2D eigenvalue weighted by atomic mass is 9.83. The molecule has 1 aromatic heterocycles. The number of nitrogens with one attached hydrogen (secondary N) is 1. The molecular formula is C28H27F3N2O8. The van der Waals surface area contributed by atoms with Crippen LogP contribution in [0.2, 0.25) is 0 Å². The molecule has 13 heteroatoms. The fraction of sp³-hybridized carbons (Fsp3) is 0.321. The molecule has 0 radical (unpaired) electrons.